The third kappa shape index (κ3) is 3.26. The molecule has 0 N–H and O–H groups in total. The second-order valence-corrected chi connectivity index (χ2v) is 7.42. The maximum Gasteiger partial charge on any atom is 0.177 e. The van der Waals surface area contributed by atoms with Gasteiger partial charge in [0.25, 0.3) is 0 Å². The number of hydrogen-bond donors (Lipinski definition) is 0. The molecule has 5 nitrogen and oxygen atoms in total. The summed E-state index contributed by atoms with van der Waals surface area (Å²) in [7, 11) is 0. The van der Waals surface area contributed by atoms with Crippen molar-refractivity contribution in [2.45, 2.75) is 39.2 Å². The molecule has 1 aromatic carbocycles. The standard InChI is InChI=1S/C20H20FN5S/c1-2-25-17(14-7-9-15(21)10-8-14)13-27-20(25)16(12-22)19-24-23-18-6-4-3-5-11-26(18)19/h7-10,13H,2-6,11H2,1H3/b20-16+. The topological polar surface area (TPSA) is 57.7 Å². The van der Waals surface area contributed by atoms with Gasteiger partial charge in [-0.1, -0.05) is 18.2 Å². The predicted octanol–water partition coefficient (Wildman–Crippen LogP) is 4.40. The van der Waals surface area contributed by atoms with E-state index in [1.54, 1.807) is 12.1 Å². The van der Waals surface area contributed by atoms with Crippen LogP contribution < -0.4 is 0 Å². The van der Waals surface area contributed by atoms with Crippen molar-refractivity contribution < 1.29 is 4.39 Å². The zero-order chi connectivity index (χ0) is 18.8. The Morgan fingerprint density at radius 3 is 2.78 bits per heavy atom. The second-order valence-electron chi connectivity index (χ2n) is 6.57. The molecule has 0 saturated heterocycles. The molecule has 0 aliphatic carbocycles. The van der Waals surface area contributed by atoms with Gasteiger partial charge < -0.3 is 9.47 Å². The number of nitriles is 1. The van der Waals surface area contributed by atoms with Crippen LogP contribution in [0.2, 0.25) is 0 Å². The highest BCUT2D eigenvalue weighted by Gasteiger charge is 2.28. The lowest BCUT2D eigenvalue weighted by atomic mass is 10.1. The van der Waals surface area contributed by atoms with E-state index in [4.69, 9.17) is 0 Å². The number of thioether (sulfide) groups is 1. The highest BCUT2D eigenvalue weighted by molar-refractivity contribution is 8.06. The van der Waals surface area contributed by atoms with Crippen LogP contribution in [-0.2, 0) is 13.0 Å². The van der Waals surface area contributed by atoms with Crippen LogP contribution in [-0.4, -0.2) is 26.2 Å². The average Bonchev–Trinajstić information content (AvgIpc) is 3.20. The number of aryl methyl sites for hydroxylation is 1. The highest BCUT2D eigenvalue weighted by Crippen LogP contribution is 2.43. The first-order chi connectivity index (χ1) is 13.2. The molecule has 0 atom stereocenters. The number of aromatic nitrogens is 3. The van der Waals surface area contributed by atoms with Crippen LogP contribution in [0.5, 0.6) is 0 Å². The number of rotatable bonds is 3. The van der Waals surface area contributed by atoms with E-state index in [1.807, 2.05) is 12.3 Å². The minimum Gasteiger partial charge on any atom is -0.334 e. The molecule has 0 unspecified atom stereocenters. The van der Waals surface area contributed by atoms with Gasteiger partial charge in [0.2, 0.25) is 0 Å². The predicted molar refractivity (Wildman–Crippen MR) is 104 cm³/mol. The number of halogens is 1. The maximum atomic E-state index is 13.3. The van der Waals surface area contributed by atoms with E-state index < -0.39 is 0 Å². The summed E-state index contributed by atoms with van der Waals surface area (Å²) in [5.74, 6) is 1.37. The molecule has 0 amide bonds. The number of nitrogens with zero attached hydrogens (tertiary/aromatic N) is 5. The van der Waals surface area contributed by atoms with Crippen LogP contribution in [0.3, 0.4) is 0 Å². The smallest absolute Gasteiger partial charge is 0.177 e. The van der Waals surface area contributed by atoms with Crippen molar-refractivity contribution in [1.82, 2.24) is 19.7 Å². The second kappa shape index (κ2) is 7.57. The molecule has 2 aliphatic heterocycles. The zero-order valence-electron chi connectivity index (χ0n) is 15.2. The summed E-state index contributed by atoms with van der Waals surface area (Å²) in [5, 5.41) is 21.5. The molecule has 0 bridgehead atoms. The van der Waals surface area contributed by atoms with Crippen molar-refractivity contribution in [3.8, 4) is 6.07 Å². The average molecular weight is 381 g/mol. The fourth-order valence-electron chi connectivity index (χ4n) is 3.56. The zero-order valence-corrected chi connectivity index (χ0v) is 16.0. The lowest BCUT2D eigenvalue weighted by Gasteiger charge is -2.23. The maximum absolute atomic E-state index is 13.3. The molecule has 2 aromatic rings. The lowest BCUT2D eigenvalue weighted by molar-refractivity contribution is 0.556. The molecule has 0 radical (unpaired) electrons. The largest absolute Gasteiger partial charge is 0.334 e. The summed E-state index contributed by atoms with van der Waals surface area (Å²) < 4.78 is 15.4. The first-order valence-electron chi connectivity index (χ1n) is 9.20. The number of hydrogen-bond acceptors (Lipinski definition) is 5. The van der Waals surface area contributed by atoms with Gasteiger partial charge in [-0.15, -0.1) is 10.2 Å². The molecular formula is C20H20FN5S. The molecule has 2 aliphatic rings. The van der Waals surface area contributed by atoms with Gasteiger partial charge in [0.1, 0.15) is 28.3 Å². The van der Waals surface area contributed by atoms with Gasteiger partial charge in [0.15, 0.2) is 5.82 Å². The fraction of sp³-hybridized carbons (Fsp3) is 0.350. The van der Waals surface area contributed by atoms with Gasteiger partial charge in [-0.2, -0.15) is 5.26 Å². The van der Waals surface area contributed by atoms with Crippen LogP contribution in [0, 0.1) is 17.1 Å². The molecule has 27 heavy (non-hydrogen) atoms. The van der Waals surface area contributed by atoms with Gasteiger partial charge in [0.05, 0.1) is 5.70 Å². The number of benzene rings is 1. The van der Waals surface area contributed by atoms with E-state index in [-0.39, 0.29) is 5.82 Å². The molecule has 3 heterocycles. The third-order valence-electron chi connectivity index (χ3n) is 4.93. The quantitative estimate of drug-likeness (QED) is 0.738. The molecule has 0 saturated carbocycles. The Morgan fingerprint density at radius 2 is 2.04 bits per heavy atom. The van der Waals surface area contributed by atoms with Crippen molar-refractivity contribution >= 4 is 23.0 Å². The molecule has 4 rings (SSSR count). The van der Waals surface area contributed by atoms with Gasteiger partial charge in [-0.05, 0) is 49.6 Å². The fourth-order valence-corrected chi connectivity index (χ4v) is 4.66. The number of allylic oxidation sites excluding steroid dienone is 1. The molecule has 7 heteroatoms. The first kappa shape index (κ1) is 17.8. The highest BCUT2D eigenvalue weighted by atomic mass is 32.2. The van der Waals surface area contributed by atoms with E-state index in [0.717, 1.165) is 47.9 Å². The van der Waals surface area contributed by atoms with Crippen molar-refractivity contribution in [3.05, 3.63) is 57.7 Å². The van der Waals surface area contributed by atoms with E-state index in [9.17, 15) is 9.65 Å². The normalized spacial score (nSPS) is 18.6. The monoisotopic (exact) mass is 381 g/mol. The van der Waals surface area contributed by atoms with Crippen LogP contribution in [0.25, 0.3) is 11.3 Å². The molecule has 0 fully saturated rings. The third-order valence-corrected chi connectivity index (χ3v) is 5.92. The van der Waals surface area contributed by atoms with Crippen LogP contribution in [0.4, 0.5) is 4.39 Å². The summed E-state index contributed by atoms with van der Waals surface area (Å²) in [6.45, 7) is 3.60. The van der Waals surface area contributed by atoms with Gasteiger partial charge in [-0.3, -0.25) is 0 Å². The Morgan fingerprint density at radius 1 is 1.22 bits per heavy atom. The molecule has 138 valence electrons. The van der Waals surface area contributed by atoms with Crippen molar-refractivity contribution in [2.75, 3.05) is 6.54 Å². The number of fused-ring (bicyclic) bond motifs is 1. The summed E-state index contributed by atoms with van der Waals surface area (Å²) >= 11 is 1.52. The van der Waals surface area contributed by atoms with Gasteiger partial charge in [-0.25, -0.2) is 4.39 Å². The van der Waals surface area contributed by atoms with Crippen LogP contribution >= 0.6 is 11.8 Å². The van der Waals surface area contributed by atoms with Crippen LogP contribution in [0.15, 0.2) is 34.7 Å². The Labute approximate surface area is 162 Å². The molecule has 1 aromatic heterocycles. The molecule has 0 spiro atoms. The SMILES string of the molecule is CCN1C(c2ccc(F)cc2)=CS/C1=C(\C#N)c1nnc2n1CCCCC2. The Hall–Kier alpha value is -2.59. The van der Waals surface area contributed by atoms with Gasteiger partial charge >= 0.3 is 0 Å². The van der Waals surface area contributed by atoms with E-state index in [0.29, 0.717) is 17.9 Å². The van der Waals surface area contributed by atoms with E-state index in [2.05, 4.69) is 25.7 Å². The van der Waals surface area contributed by atoms with Crippen molar-refractivity contribution in [2.24, 2.45) is 0 Å². The Kier molecular flexibility index (Phi) is 4.99. The Bertz CT molecular complexity index is 952. The van der Waals surface area contributed by atoms with Gasteiger partial charge in [0, 0.05) is 24.9 Å². The van der Waals surface area contributed by atoms with Crippen molar-refractivity contribution in [1.29, 1.82) is 5.26 Å². The summed E-state index contributed by atoms with van der Waals surface area (Å²) in [6.07, 6.45) is 4.27. The van der Waals surface area contributed by atoms with Crippen molar-refractivity contribution in [3.63, 3.8) is 0 Å². The Balaban J connectivity index is 1.74. The van der Waals surface area contributed by atoms with Crippen LogP contribution in [0.1, 0.15) is 43.4 Å². The summed E-state index contributed by atoms with van der Waals surface area (Å²) in [4.78, 5) is 2.09. The lowest BCUT2D eigenvalue weighted by Crippen LogP contribution is -2.18. The molecular weight excluding hydrogens is 361 g/mol. The summed E-state index contributed by atoms with van der Waals surface area (Å²) in [5.41, 5.74) is 2.45. The minimum absolute atomic E-state index is 0.257. The first-order valence-corrected chi connectivity index (χ1v) is 10.1. The summed E-state index contributed by atoms with van der Waals surface area (Å²) in [6, 6.07) is 8.81. The van der Waals surface area contributed by atoms with E-state index in [1.165, 1.54) is 30.3 Å². The minimum atomic E-state index is -0.257. The van der Waals surface area contributed by atoms with E-state index >= 15 is 0 Å².